The molecule has 1 aromatic carbocycles. The number of carboxylic acids is 1. The fraction of sp³-hybridized carbons (Fsp3) is 0.562. The predicted octanol–water partition coefficient (Wildman–Crippen LogP) is 3.19. The van der Waals surface area contributed by atoms with Crippen LogP contribution in [0.25, 0.3) is 0 Å². The molecule has 2 rings (SSSR count). The molecule has 0 aromatic heterocycles. The van der Waals surface area contributed by atoms with Gasteiger partial charge in [-0.3, -0.25) is 4.79 Å². The van der Waals surface area contributed by atoms with E-state index in [4.69, 9.17) is 9.84 Å². The standard InChI is InChI=1S/C16H22O3/c1-11(2)13-4-6-14(7-5-13)16(9-19-10-16)8-12(3)15(17)18/h4-7,11-12H,8-10H2,1-3H3,(H,17,18). The monoisotopic (exact) mass is 262 g/mol. The number of carboxylic acid groups (broad SMARTS) is 1. The number of carbonyl (C=O) groups is 1. The van der Waals surface area contributed by atoms with Gasteiger partial charge in [-0.1, -0.05) is 45.0 Å². The molecule has 1 heterocycles. The Morgan fingerprint density at radius 3 is 2.21 bits per heavy atom. The summed E-state index contributed by atoms with van der Waals surface area (Å²) in [4.78, 5) is 11.1. The van der Waals surface area contributed by atoms with Crippen molar-refractivity contribution in [3.05, 3.63) is 35.4 Å². The van der Waals surface area contributed by atoms with Crippen LogP contribution in [-0.4, -0.2) is 24.3 Å². The van der Waals surface area contributed by atoms with Gasteiger partial charge in [0.05, 0.1) is 19.1 Å². The van der Waals surface area contributed by atoms with Gasteiger partial charge in [0.15, 0.2) is 0 Å². The molecule has 3 heteroatoms. The summed E-state index contributed by atoms with van der Waals surface area (Å²) in [6.07, 6.45) is 0.642. The minimum atomic E-state index is -0.731. The topological polar surface area (TPSA) is 46.5 Å². The Kier molecular flexibility index (Phi) is 3.95. The number of ether oxygens (including phenoxy) is 1. The first-order valence-electron chi connectivity index (χ1n) is 6.85. The minimum absolute atomic E-state index is 0.104. The first kappa shape index (κ1) is 14.1. The van der Waals surface area contributed by atoms with E-state index in [1.54, 1.807) is 6.92 Å². The fourth-order valence-corrected chi connectivity index (χ4v) is 2.65. The molecule has 0 radical (unpaired) electrons. The number of aliphatic carboxylic acids is 1. The summed E-state index contributed by atoms with van der Waals surface area (Å²) in [5, 5.41) is 9.09. The largest absolute Gasteiger partial charge is 0.481 e. The molecule has 0 spiro atoms. The summed E-state index contributed by atoms with van der Waals surface area (Å²) in [7, 11) is 0. The second kappa shape index (κ2) is 5.33. The van der Waals surface area contributed by atoms with Gasteiger partial charge >= 0.3 is 5.97 Å². The van der Waals surface area contributed by atoms with Gasteiger partial charge in [-0.15, -0.1) is 0 Å². The molecule has 1 atom stereocenters. The van der Waals surface area contributed by atoms with Crippen LogP contribution < -0.4 is 0 Å². The Morgan fingerprint density at radius 1 is 1.26 bits per heavy atom. The second-order valence-electron chi connectivity index (χ2n) is 5.99. The molecule has 0 amide bonds. The van der Waals surface area contributed by atoms with Crippen molar-refractivity contribution in [1.82, 2.24) is 0 Å². The van der Waals surface area contributed by atoms with Crippen molar-refractivity contribution in [2.45, 2.75) is 38.5 Å². The van der Waals surface area contributed by atoms with Crippen molar-refractivity contribution in [3.63, 3.8) is 0 Å². The molecule has 19 heavy (non-hydrogen) atoms. The van der Waals surface area contributed by atoms with Crippen molar-refractivity contribution in [2.24, 2.45) is 5.92 Å². The van der Waals surface area contributed by atoms with Gasteiger partial charge in [-0.25, -0.2) is 0 Å². The Morgan fingerprint density at radius 2 is 1.84 bits per heavy atom. The smallest absolute Gasteiger partial charge is 0.306 e. The Labute approximate surface area is 114 Å². The highest BCUT2D eigenvalue weighted by molar-refractivity contribution is 5.69. The van der Waals surface area contributed by atoms with E-state index in [2.05, 4.69) is 38.1 Å². The van der Waals surface area contributed by atoms with Crippen LogP contribution in [0, 0.1) is 5.92 Å². The highest BCUT2D eigenvalue weighted by Gasteiger charge is 2.42. The van der Waals surface area contributed by atoms with Crippen LogP contribution in [0.4, 0.5) is 0 Å². The summed E-state index contributed by atoms with van der Waals surface area (Å²) < 4.78 is 5.36. The third kappa shape index (κ3) is 2.81. The third-order valence-corrected chi connectivity index (χ3v) is 4.06. The maximum atomic E-state index is 11.1. The maximum absolute atomic E-state index is 11.1. The van der Waals surface area contributed by atoms with E-state index in [9.17, 15) is 4.79 Å². The molecule has 1 N–H and O–H groups in total. The van der Waals surface area contributed by atoms with Gasteiger partial charge in [0.2, 0.25) is 0 Å². The summed E-state index contributed by atoms with van der Waals surface area (Å²) in [6.45, 7) is 7.37. The molecule has 1 unspecified atom stereocenters. The minimum Gasteiger partial charge on any atom is -0.481 e. The first-order valence-corrected chi connectivity index (χ1v) is 6.85. The molecule has 0 aliphatic carbocycles. The zero-order chi connectivity index (χ0) is 14.0. The molecule has 1 fully saturated rings. The van der Waals surface area contributed by atoms with E-state index in [-0.39, 0.29) is 11.3 Å². The SMILES string of the molecule is CC(CC1(c2ccc(C(C)C)cc2)COC1)C(=O)O. The molecule has 1 aliphatic heterocycles. The Bertz CT molecular complexity index is 444. The lowest BCUT2D eigenvalue weighted by atomic mass is 9.72. The molecular formula is C16H22O3. The van der Waals surface area contributed by atoms with Crippen LogP contribution in [0.2, 0.25) is 0 Å². The number of benzene rings is 1. The third-order valence-electron chi connectivity index (χ3n) is 4.06. The molecule has 1 aromatic rings. The van der Waals surface area contributed by atoms with E-state index < -0.39 is 5.97 Å². The van der Waals surface area contributed by atoms with Crippen LogP contribution >= 0.6 is 0 Å². The molecule has 0 saturated carbocycles. The van der Waals surface area contributed by atoms with Crippen LogP contribution in [0.5, 0.6) is 0 Å². The van der Waals surface area contributed by atoms with Gasteiger partial charge in [0.1, 0.15) is 0 Å². The lowest BCUT2D eigenvalue weighted by molar-refractivity contribution is -0.144. The second-order valence-corrected chi connectivity index (χ2v) is 5.99. The summed E-state index contributed by atoms with van der Waals surface area (Å²) in [5.41, 5.74) is 2.41. The van der Waals surface area contributed by atoms with E-state index in [0.717, 1.165) is 0 Å². The van der Waals surface area contributed by atoms with E-state index in [1.165, 1.54) is 11.1 Å². The summed E-state index contributed by atoms with van der Waals surface area (Å²) in [6, 6.07) is 8.55. The van der Waals surface area contributed by atoms with Crippen molar-refractivity contribution in [2.75, 3.05) is 13.2 Å². The fourth-order valence-electron chi connectivity index (χ4n) is 2.65. The van der Waals surface area contributed by atoms with Crippen LogP contribution in [0.15, 0.2) is 24.3 Å². The van der Waals surface area contributed by atoms with Crippen LogP contribution in [0.1, 0.15) is 44.2 Å². The van der Waals surface area contributed by atoms with Crippen molar-refractivity contribution in [3.8, 4) is 0 Å². The molecular weight excluding hydrogens is 240 g/mol. The lowest BCUT2D eigenvalue weighted by Crippen LogP contribution is -2.48. The van der Waals surface area contributed by atoms with E-state index >= 15 is 0 Å². The van der Waals surface area contributed by atoms with Gasteiger partial charge in [0.25, 0.3) is 0 Å². The van der Waals surface area contributed by atoms with Crippen molar-refractivity contribution in [1.29, 1.82) is 0 Å². The number of hydrogen-bond donors (Lipinski definition) is 1. The first-order chi connectivity index (χ1) is 8.94. The van der Waals surface area contributed by atoms with E-state index in [0.29, 0.717) is 25.6 Å². The zero-order valence-corrected chi connectivity index (χ0v) is 11.8. The average Bonchev–Trinajstić information content (AvgIpc) is 2.33. The summed E-state index contributed by atoms with van der Waals surface area (Å²) in [5.74, 6) is -0.556. The van der Waals surface area contributed by atoms with Gasteiger partial charge in [0, 0.05) is 5.41 Å². The number of rotatable bonds is 5. The van der Waals surface area contributed by atoms with Gasteiger partial charge in [-0.05, 0) is 23.5 Å². The van der Waals surface area contributed by atoms with E-state index in [1.807, 2.05) is 0 Å². The lowest BCUT2D eigenvalue weighted by Gasteiger charge is -2.43. The molecule has 104 valence electrons. The van der Waals surface area contributed by atoms with Crippen molar-refractivity contribution < 1.29 is 14.6 Å². The molecule has 1 aliphatic rings. The van der Waals surface area contributed by atoms with Crippen LogP contribution in [-0.2, 0) is 14.9 Å². The van der Waals surface area contributed by atoms with Gasteiger partial charge < -0.3 is 9.84 Å². The average molecular weight is 262 g/mol. The van der Waals surface area contributed by atoms with Gasteiger partial charge in [-0.2, -0.15) is 0 Å². The molecule has 3 nitrogen and oxygen atoms in total. The normalized spacial score (nSPS) is 18.9. The van der Waals surface area contributed by atoms with Crippen LogP contribution in [0.3, 0.4) is 0 Å². The van der Waals surface area contributed by atoms with Crippen molar-refractivity contribution >= 4 is 5.97 Å². The Balaban J connectivity index is 2.19. The zero-order valence-electron chi connectivity index (χ0n) is 11.8. The Hall–Kier alpha value is -1.35. The highest BCUT2D eigenvalue weighted by Crippen LogP contribution is 2.38. The number of hydrogen-bond acceptors (Lipinski definition) is 2. The predicted molar refractivity (Wildman–Crippen MR) is 74.4 cm³/mol. The quantitative estimate of drug-likeness (QED) is 0.886. The highest BCUT2D eigenvalue weighted by atomic mass is 16.5. The molecule has 0 bridgehead atoms. The summed E-state index contributed by atoms with van der Waals surface area (Å²) >= 11 is 0. The maximum Gasteiger partial charge on any atom is 0.306 e. The molecule has 1 saturated heterocycles.